The van der Waals surface area contributed by atoms with Crippen LogP contribution in [0, 0.1) is 0 Å². The minimum absolute atomic E-state index is 0.813. The second kappa shape index (κ2) is 6.40. The molecule has 19 heavy (non-hydrogen) atoms. The van der Waals surface area contributed by atoms with Gasteiger partial charge in [0.05, 0.1) is 0 Å². The highest BCUT2D eigenvalue weighted by Gasteiger charge is 2.24. The third-order valence-corrected chi connectivity index (χ3v) is 4.50. The van der Waals surface area contributed by atoms with E-state index in [4.69, 9.17) is 0 Å². The molecule has 0 saturated carbocycles. The highest BCUT2D eigenvalue weighted by atomic mass is 15.3. The largest absolute Gasteiger partial charge is 0.369 e. The van der Waals surface area contributed by atoms with Crippen LogP contribution in [-0.4, -0.2) is 50.2 Å². The second-order valence-electron chi connectivity index (χ2n) is 5.69. The Hall–Kier alpha value is -1.06. The minimum Gasteiger partial charge on any atom is -0.369 e. The molecule has 1 unspecified atom stereocenters. The first kappa shape index (κ1) is 12.9. The van der Waals surface area contributed by atoms with Gasteiger partial charge in [-0.3, -0.25) is 4.90 Å². The molecule has 1 atom stereocenters. The quantitative estimate of drug-likeness (QED) is 0.876. The van der Waals surface area contributed by atoms with Crippen molar-refractivity contribution in [2.24, 2.45) is 0 Å². The van der Waals surface area contributed by atoms with E-state index in [-0.39, 0.29) is 0 Å². The van der Waals surface area contributed by atoms with Crippen molar-refractivity contribution >= 4 is 5.69 Å². The lowest BCUT2D eigenvalue weighted by Crippen LogP contribution is -2.50. The lowest BCUT2D eigenvalue weighted by Gasteiger charge is -2.40. The molecule has 0 amide bonds. The van der Waals surface area contributed by atoms with E-state index in [2.05, 4.69) is 45.4 Å². The van der Waals surface area contributed by atoms with Crippen LogP contribution in [0.15, 0.2) is 30.3 Å². The fourth-order valence-electron chi connectivity index (χ4n) is 3.35. The van der Waals surface area contributed by atoms with E-state index in [1.165, 1.54) is 64.2 Å². The van der Waals surface area contributed by atoms with Gasteiger partial charge < -0.3 is 10.2 Å². The minimum atomic E-state index is 0.813. The predicted molar refractivity (Wildman–Crippen MR) is 80.7 cm³/mol. The number of nitrogens with zero attached hydrogens (tertiary/aromatic N) is 2. The Balaban J connectivity index is 1.54. The first-order chi connectivity index (χ1) is 9.43. The maximum Gasteiger partial charge on any atom is 0.0367 e. The zero-order chi connectivity index (χ0) is 12.9. The molecule has 1 aromatic carbocycles. The number of para-hydroxylation sites is 1. The van der Waals surface area contributed by atoms with Crippen molar-refractivity contribution in [2.45, 2.75) is 25.3 Å². The third kappa shape index (κ3) is 3.28. The topological polar surface area (TPSA) is 18.5 Å². The summed E-state index contributed by atoms with van der Waals surface area (Å²) in [6.45, 7) is 7.20. The number of hydrogen-bond acceptors (Lipinski definition) is 3. The van der Waals surface area contributed by atoms with Gasteiger partial charge in [-0.15, -0.1) is 0 Å². The summed E-state index contributed by atoms with van der Waals surface area (Å²) >= 11 is 0. The molecule has 2 aliphatic rings. The normalized spacial score (nSPS) is 26.1. The summed E-state index contributed by atoms with van der Waals surface area (Å²) in [5, 5.41) is 3.51. The van der Waals surface area contributed by atoms with Crippen molar-refractivity contribution in [1.82, 2.24) is 10.2 Å². The molecule has 104 valence electrons. The van der Waals surface area contributed by atoms with Gasteiger partial charge >= 0.3 is 0 Å². The molecule has 0 radical (unpaired) electrons. The van der Waals surface area contributed by atoms with Crippen LogP contribution in [0.5, 0.6) is 0 Å². The molecule has 0 aliphatic carbocycles. The summed E-state index contributed by atoms with van der Waals surface area (Å²) in [4.78, 5) is 5.23. The van der Waals surface area contributed by atoms with Gasteiger partial charge in [-0.1, -0.05) is 18.2 Å². The summed E-state index contributed by atoms with van der Waals surface area (Å²) in [7, 11) is 0. The third-order valence-electron chi connectivity index (χ3n) is 4.50. The molecule has 0 bridgehead atoms. The monoisotopic (exact) mass is 259 g/mol. The van der Waals surface area contributed by atoms with Crippen molar-refractivity contribution in [3.05, 3.63) is 30.3 Å². The van der Waals surface area contributed by atoms with Crippen LogP contribution in [0.2, 0.25) is 0 Å². The maximum absolute atomic E-state index is 3.51. The van der Waals surface area contributed by atoms with Crippen LogP contribution in [0.4, 0.5) is 5.69 Å². The Morgan fingerprint density at radius 2 is 1.68 bits per heavy atom. The van der Waals surface area contributed by atoms with Crippen LogP contribution in [-0.2, 0) is 0 Å². The van der Waals surface area contributed by atoms with Crippen molar-refractivity contribution < 1.29 is 0 Å². The SMILES string of the molecule is c1ccc(N2CCN(C3CCCNCC3)CC2)cc1. The molecule has 0 spiro atoms. The Bertz CT molecular complexity index is 363. The molecule has 2 heterocycles. The fourth-order valence-corrected chi connectivity index (χ4v) is 3.35. The molecular weight excluding hydrogens is 234 g/mol. The van der Waals surface area contributed by atoms with Gasteiger partial charge in [-0.05, 0) is 44.5 Å². The van der Waals surface area contributed by atoms with Crippen molar-refractivity contribution in [2.75, 3.05) is 44.2 Å². The molecular formula is C16H25N3. The van der Waals surface area contributed by atoms with E-state index in [0.717, 1.165) is 6.04 Å². The van der Waals surface area contributed by atoms with Gasteiger partial charge in [0.25, 0.3) is 0 Å². The predicted octanol–water partition coefficient (Wildman–Crippen LogP) is 1.95. The summed E-state index contributed by atoms with van der Waals surface area (Å²) in [6, 6.07) is 11.6. The molecule has 3 heteroatoms. The zero-order valence-electron chi connectivity index (χ0n) is 11.7. The maximum atomic E-state index is 3.51. The zero-order valence-corrected chi connectivity index (χ0v) is 11.7. The van der Waals surface area contributed by atoms with Gasteiger partial charge in [0.1, 0.15) is 0 Å². The highest BCUT2D eigenvalue weighted by molar-refractivity contribution is 5.46. The van der Waals surface area contributed by atoms with Gasteiger partial charge in [-0.25, -0.2) is 0 Å². The first-order valence-electron chi connectivity index (χ1n) is 7.68. The number of piperazine rings is 1. The van der Waals surface area contributed by atoms with Crippen LogP contribution < -0.4 is 10.2 Å². The van der Waals surface area contributed by atoms with E-state index in [1.807, 2.05) is 0 Å². The summed E-state index contributed by atoms with van der Waals surface area (Å²) in [5.74, 6) is 0. The molecule has 0 aromatic heterocycles. The Kier molecular flexibility index (Phi) is 4.36. The van der Waals surface area contributed by atoms with E-state index in [1.54, 1.807) is 0 Å². The van der Waals surface area contributed by atoms with E-state index < -0.39 is 0 Å². The Morgan fingerprint density at radius 1 is 0.895 bits per heavy atom. The van der Waals surface area contributed by atoms with E-state index in [9.17, 15) is 0 Å². The van der Waals surface area contributed by atoms with Gasteiger partial charge in [0.15, 0.2) is 0 Å². The molecule has 2 fully saturated rings. The number of benzene rings is 1. The molecule has 2 saturated heterocycles. The lowest BCUT2D eigenvalue weighted by molar-refractivity contribution is 0.172. The Labute approximate surface area is 116 Å². The smallest absolute Gasteiger partial charge is 0.0367 e. The lowest BCUT2D eigenvalue weighted by atomic mass is 10.1. The number of nitrogens with one attached hydrogen (secondary N) is 1. The number of hydrogen-bond donors (Lipinski definition) is 1. The molecule has 3 rings (SSSR count). The summed E-state index contributed by atoms with van der Waals surface area (Å²) in [6.07, 6.45) is 4.03. The Morgan fingerprint density at radius 3 is 2.47 bits per heavy atom. The van der Waals surface area contributed by atoms with Gasteiger partial charge in [0, 0.05) is 37.9 Å². The average molecular weight is 259 g/mol. The van der Waals surface area contributed by atoms with Crippen LogP contribution in [0.25, 0.3) is 0 Å². The highest BCUT2D eigenvalue weighted by Crippen LogP contribution is 2.19. The second-order valence-corrected chi connectivity index (χ2v) is 5.69. The molecule has 2 aliphatic heterocycles. The molecule has 1 aromatic rings. The van der Waals surface area contributed by atoms with Crippen molar-refractivity contribution in [3.8, 4) is 0 Å². The molecule has 3 nitrogen and oxygen atoms in total. The van der Waals surface area contributed by atoms with E-state index in [0.29, 0.717) is 0 Å². The fraction of sp³-hybridized carbons (Fsp3) is 0.625. The number of rotatable bonds is 2. The summed E-state index contributed by atoms with van der Waals surface area (Å²) < 4.78 is 0. The average Bonchev–Trinajstić information content (AvgIpc) is 2.77. The van der Waals surface area contributed by atoms with E-state index >= 15 is 0 Å². The van der Waals surface area contributed by atoms with Crippen LogP contribution in [0.1, 0.15) is 19.3 Å². The van der Waals surface area contributed by atoms with Crippen LogP contribution >= 0.6 is 0 Å². The number of anilines is 1. The standard InChI is InChI=1S/C16H25N3/c1-2-5-15(6-3-1)18-11-13-19(14-12-18)16-7-4-9-17-10-8-16/h1-3,5-6,16-17H,4,7-14H2. The summed E-state index contributed by atoms with van der Waals surface area (Å²) in [5.41, 5.74) is 1.38. The first-order valence-corrected chi connectivity index (χ1v) is 7.68. The van der Waals surface area contributed by atoms with Crippen molar-refractivity contribution in [3.63, 3.8) is 0 Å². The molecule has 1 N–H and O–H groups in total. The van der Waals surface area contributed by atoms with Gasteiger partial charge in [0.2, 0.25) is 0 Å². The van der Waals surface area contributed by atoms with Gasteiger partial charge in [-0.2, -0.15) is 0 Å². The van der Waals surface area contributed by atoms with Crippen molar-refractivity contribution in [1.29, 1.82) is 0 Å². The van der Waals surface area contributed by atoms with Crippen LogP contribution in [0.3, 0.4) is 0 Å².